The highest BCUT2D eigenvalue weighted by Crippen LogP contribution is 2.29. The molecule has 2 aliphatic heterocycles. The number of aliphatic hydroxyl groups is 2. The molecule has 0 spiro atoms. The predicted molar refractivity (Wildman–Crippen MR) is 103 cm³/mol. The molecule has 27 heavy (non-hydrogen) atoms. The molecule has 3 N–H and O–H groups in total. The maximum absolute atomic E-state index is 10.5. The van der Waals surface area contributed by atoms with Gasteiger partial charge < -0.3 is 25.0 Å². The summed E-state index contributed by atoms with van der Waals surface area (Å²) < 4.78 is 11.9. The van der Waals surface area contributed by atoms with Crippen LogP contribution in [0.3, 0.4) is 0 Å². The summed E-state index contributed by atoms with van der Waals surface area (Å²) in [6.45, 7) is 0.764. The molecule has 0 saturated heterocycles. The molecule has 0 aliphatic carbocycles. The number of fused-ring (bicyclic) bond motifs is 2. The van der Waals surface area contributed by atoms with E-state index in [-0.39, 0.29) is 12.2 Å². The number of benzene rings is 2. The van der Waals surface area contributed by atoms with Crippen LogP contribution in [0.5, 0.6) is 11.5 Å². The van der Waals surface area contributed by atoms with Crippen LogP contribution in [0.4, 0.5) is 0 Å². The summed E-state index contributed by atoms with van der Waals surface area (Å²) in [6.07, 6.45) is 1.75. The minimum absolute atomic E-state index is 0.220. The summed E-state index contributed by atoms with van der Waals surface area (Å²) in [5.74, 6) is 1.73. The van der Waals surface area contributed by atoms with E-state index in [1.807, 2.05) is 36.4 Å². The lowest BCUT2D eigenvalue weighted by molar-refractivity contribution is 0.00900. The van der Waals surface area contributed by atoms with Gasteiger partial charge in [-0.15, -0.1) is 0 Å². The van der Waals surface area contributed by atoms with Crippen LogP contribution < -0.4 is 14.8 Å². The van der Waals surface area contributed by atoms with Crippen molar-refractivity contribution in [2.45, 2.75) is 50.1 Å². The minimum Gasteiger partial charge on any atom is -0.487 e. The van der Waals surface area contributed by atoms with Crippen molar-refractivity contribution in [1.82, 2.24) is 5.32 Å². The van der Waals surface area contributed by atoms with Crippen LogP contribution in [0.15, 0.2) is 48.5 Å². The van der Waals surface area contributed by atoms with E-state index < -0.39 is 12.2 Å². The highest BCUT2D eigenvalue weighted by atomic mass is 16.5. The monoisotopic (exact) mass is 369 g/mol. The van der Waals surface area contributed by atoms with Gasteiger partial charge >= 0.3 is 0 Å². The highest BCUT2D eigenvalue weighted by molar-refractivity contribution is 5.36. The standard InChI is InChI=1S/C22H27NO4/c24-17(21-11-9-15-5-1-3-7-19(15)26-21)13-23-14-18(25)22-12-10-16-6-2-4-8-20(16)27-22/h1-8,17-18,21-25H,9-14H2/t17-,18+,21-,22+. The van der Waals surface area contributed by atoms with Crippen molar-refractivity contribution >= 4 is 0 Å². The molecule has 0 radical (unpaired) electrons. The Morgan fingerprint density at radius 1 is 0.778 bits per heavy atom. The molecule has 0 fully saturated rings. The molecule has 5 nitrogen and oxygen atoms in total. The fourth-order valence-electron chi connectivity index (χ4n) is 3.87. The van der Waals surface area contributed by atoms with Gasteiger partial charge in [-0.1, -0.05) is 36.4 Å². The number of ether oxygens (including phenoxy) is 2. The Morgan fingerprint density at radius 2 is 1.22 bits per heavy atom. The molecule has 2 aromatic rings. The SMILES string of the molecule is O[C@H](CNC[C@H](O)[C@@H]1CCc2ccccc2O1)[C@H]1CCc2ccccc2O1. The van der Waals surface area contributed by atoms with E-state index in [1.54, 1.807) is 0 Å². The molecule has 0 aromatic heterocycles. The second-order valence-corrected chi connectivity index (χ2v) is 7.40. The van der Waals surface area contributed by atoms with E-state index in [0.29, 0.717) is 13.1 Å². The van der Waals surface area contributed by atoms with E-state index in [2.05, 4.69) is 17.4 Å². The van der Waals surface area contributed by atoms with Crippen molar-refractivity contribution in [1.29, 1.82) is 0 Å². The van der Waals surface area contributed by atoms with Gasteiger partial charge in [-0.05, 0) is 48.9 Å². The van der Waals surface area contributed by atoms with Crippen molar-refractivity contribution in [2.75, 3.05) is 13.1 Å². The van der Waals surface area contributed by atoms with Crippen LogP contribution in [-0.4, -0.2) is 47.7 Å². The third kappa shape index (κ3) is 4.26. The maximum atomic E-state index is 10.5. The predicted octanol–water partition coefficient (Wildman–Crippen LogP) is 2.09. The van der Waals surface area contributed by atoms with Crippen molar-refractivity contribution in [2.24, 2.45) is 0 Å². The molecule has 4 rings (SSSR count). The summed E-state index contributed by atoms with van der Waals surface area (Å²) >= 11 is 0. The van der Waals surface area contributed by atoms with Gasteiger partial charge in [0, 0.05) is 13.1 Å². The molecule has 4 atom stereocenters. The van der Waals surface area contributed by atoms with Crippen LogP contribution in [0.1, 0.15) is 24.0 Å². The maximum Gasteiger partial charge on any atom is 0.126 e. The summed E-state index contributed by atoms with van der Waals surface area (Å²) in [5.41, 5.74) is 2.39. The number of rotatable bonds is 6. The Morgan fingerprint density at radius 3 is 1.70 bits per heavy atom. The van der Waals surface area contributed by atoms with Crippen molar-refractivity contribution in [3.05, 3.63) is 59.7 Å². The fraction of sp³-hybridized carbons (Fsp3) is 0.455. The van der Waals surface area contributed by atoms with E-state index in [1.165, 1.54) is 11.1 Å². The van der Waals surface area contributed by atoms with E-state index in [4.69, 9.17) is 9.47 Å². The lowest BCUT2D eigenvalue weighted by Crippen LogP contribution is -2.46. The topological polar surface area (TPSA) is 71.0 Å². The van der Waals surface area contributed by atoms with Crippen molar-refractivity contribution in [3.8, 4) is 11.5 Å². The Kier molecular flexibility index (Phi) is 5.62. The fourth-order valence-corrected chi connectivity index (χ4v) is 3.87. The van der Waals surface area contributed by atoms with Gasteiger partial charge in [0.2, 0.25) is 0 Å². The summed E-state index contributed by atoms with van der Waals surface area (Å²) in [5, 5.41) is 24.1. The first-order valence-corrected chi connectivity index (χ1v) is 9.76. The quantitative estimate of drug-likeness (QED) is 0.727. The van der Waals surface area contributed by atoms with Crippen molar-refractivity contribution in [3.63, 3.8) is 0 Å². The Hall–Kier alpha value is -2.08. The normalized spacial score (nSPS) is 23.3. The third-order valence-electron chi connectivity index (χ3n) is 5.46. The summed E-state index contributed by atoms with van der Waals surface area (Å²) in [7, 11) is 0. The number of nitrogens with one attached hydrogen (secondary N) is 1. The van der Waals surface area contributed by atoms with Gasteiger partial charge in [0.05, 0.1) is 0 Å². The average Bonchev–Trinajstić information content (AvgIpc) is 2.72. The van der Waals surface area contributed by atoms with E-state index in [0.717, 1.165) is 37.2 Å². The molecule has 5 heteroatoms. The zero-order chi connectivity index (χ0) is 18.6. The van der Waals surface area contributed by atoms with E-state index in [9.17, 15) is 10.2 Å². The lowest BCUT2D eigenvalue weighted by Gasteiger charge is -2.31. The van der Waals surface area contributed by atoms with Crippen LogP contribution in [0.25, 0.3) is 0 Å². The van der Waals surface area contributed by atoms with Gasteiger partial charge in [0.1, 0.15) is 35.9 Å². The molecule has 0 unspecified atom stereocenters. The van der Waals surface area contributed by atoms with Crippen LogP contribution in [-0.2, 0) is 12.8 Å². The molecule has 0 saturated carbocycles. The number of hydrogen-bond acceptors (Lipinski definition) is 5. The molecule has 2 aliphatic rings. The number of aliphatic hydroxyl groups excluding tert-OH is 2. The lowest BCUT2D eigenvalue weighted by atomic mass is 9.98. The van der Waals surface area contributed by atoms with Crippen LogP contribution in [0.2, 0.25) is 0 Å². The summed E-state index contributed by atoms with van der Waals surface area (Å²) in [4.78, 5) is 0. The van der Waals surface area contributed by atoms with Gasteiger partial charge in [0.25, 0.3) is 0 Å². The van der Waals surface area contributed by atoms with Crippen LogP contribution >= 0.6 is 0 Å². The zero-order valence-corrected chi connectivity index (χ0v) is 15.4. The first kappa shape index (κ1) is 18.3. The van der Waals surface area contributed by atoms with Crippen LogP contribution in [0, 0.1) is 0 Å². The average molecular weight is 369 g/mol. The molecule has 0 bridgehead atoms. The molecular formula is C22H27NO4. The van der Waals surface area contributed by atoms with E-state index >= 15 is 0 Å². The van der Waals surface area contributed by atoms with Gasteiger partial charge in [-0.3, -0.25) is 0 Å². The van der Waals surface area contributed by atoms with Gasteiger partial charge in [-0.25, -0.2) is 0 Å². The first-order valence-electron chi connectivity index (χ1n) is 9.76. The largest absolute Gasteiger partial charge is 0.487 e. The first-order chi connectivity index (χ1) is 13.2. The third-order valence-corrected chi connectivity index (χ3v) is 5.46. The van der Waals surface area contributed by atoms with Crippen molar-refractivity contribution < 1.29 is 19.7 Å². The zero-order valence-electron chi connectivity index (χ0n) is 15.4. The number of para-hydroxylation sites is 2. The number of hydrogen-bond donors (Lipinski definition) is 3. The molecule has 2 heterocycles. The Labute approximate surface area is 159 Å². The molecule has 144 valence electrons. The molecule has 0 amide bonds. The minimum atomic E-state index is -0.612. The summed E-state index contributed by atoms with van der Waals surface area (Å²) in [6, 6.07) is 15.9. The smallest absolute Gasteiger partial charge is 0.126 e. The second kappa shape index (κ2) is 8.30. The van der Waals surface area contributed by atoms with Gasteiger partial charge in [0.15, 0.2) is 0 Å². The Bertz CT molecular complexity index is 702. The van der Waals surface area contributed by atoms with Gasteiger partial charge in [-0.2, -0.15) is 0 Å². The molecule has 2 aromatic carbocycles. The highest BCUT2D eigenvalue weighted by Gasteiger charge is 2.28. The number of aryl methyl sites for hydroxylation is 2. The second-order valence-electron chi connectivity index (χ2n) is 7.40. The molecular weight excluding hydrogens is 342 g/mol. The Balaban J connectivity index is 1.23.